The smallest absolute Gasteiger partial charge is 0.264 e. The summed E-state index contributed by atoms with van der Waals surface area (Å²) in [6.07, 6.45) is 7.65. The van der Waals surface area contributed by atoms with Gasteiger partial charge in [0.25, 0.3) is 5.56 Å². The van der Waals surface area contributed by atoms with Crippen LogP contribution < -0.4 is 10.9 Å². The van der Waals surface area contributed by atoms with Gasteiger partial charge in [0, 0.05) is 25.7 Å². The van der Waals surface area contributed by atoms with Gasteiger partial charge in [0.15, 0.2) is 5.65 Å². The van der Waals surface area contributed by atoms with Crippen LogP contribution in [-0.4, -0.2) is 25.2 Å². The molecule has 26 heavy (non-hydrogen) atoms. The molecule has 0 bridgehead atoms. The molecule has 1 aromatic carbocycles. The zero-order chi connectivity index (χ0) is 18.1. The highest BCUT2D eigenvalue weighted by atomic mass is 16.2. The summed E-state index contributed by atoms with van der Waals surface area (Å²) in [4.78, 5) is 29.1. The second-order valence-corrected chi connectivity index (χ2v) is 6.70. The van der Waals surface area contributed by atoms with Crippen molar-refractivity contribution in [2.24, 2.45) is 7.05 Å². The van der Waals surface area contributed by atoms with E-state index >= 15 is 0 Å². The summed E-state index contributed by atoms with van der Waals surface area (Å²) in [5.74, 6) is -0.0952. The highest BCUT2D eigenvalue weighted by molar-refractivity contribution is 5.91. The number of hydrogen-bond donors (Lipinski definition) is 1. The summed E-state index contributed by atoms with van der Waals surface area (Å²) >= 11 is 0. The third-order valence-electron chi connectivity index (χ3n) is 4.97. The van der Waals surface area contributed by atoms with Gasteiger partial charge >= 0.3 is 0 Å². The van der Waals surface area contributed by atoms with Crippen LogP contribution in [0.5, 0.6) is 0 Å². The van der Waals surface area contributed by atoms with Gasteiger partial charge in [-0.05, 0) is 42.9 Å². The van der Waals surface area contributed by atoms with Crippen molar-refractivity contribution in [1.29, 1.82) is 0 Å². The second kappa shape index (κ2) is 6.74. The molecule has 0 radical (unpaired) electrons. The maximum absolute atomic E-state index is 12.4. The van der Waals surface area contributed by atoms with E-state index in [-0.39, 0.29) is 24.4 Å². The molecule has 2 aromatic heterocycles. The molecule has 7 heteroatoms. The number of carbonyl (C=O) groups is 1. The number of carbonyl (C=O) groups excluding carboxylic acids is 1. The van der Waals surface area contributed by atoms with Crippen LogP contribution in [0.1, 0.15) is 30.4 Å². The predicted molar refractivity (Wildman–Crippen MR) is 99.1 cm³/mol. The molecule has 134 valence electrons. The zero-order valence-electron chi connectivity index (χ0n) is 14.7. The van der Waals surface area contributed by atoms with E-state index in [1.54, 1.807) is 11.7 Å². The van der Waals surface area contributed by atoms with Crippen molar-refractivity contribution in [2.75, 3.05) is 5.32 Å². The molecule has 0 unspecified atom stereocenters. The number of aryl methyl sites for hydroxylation is 3. The lowest BCUT2D eigenvalue weighted by atomic mass is 9.90. The van der Waals surface area contributed by atoms with Crippen LogP contribution >= 0.6 is 0 Å². The molecule has 0 saturated carbocycles. The summed E-state index contributed by atoms with van der Waals surface area (Å²) in [7, 11) is 1.74. The van der Waals surface area contributed by atoms with Gasteiger partial charge in [-0.3, -0.25) is 18.8 Å². The van der Waals surface area contributed by atoms with Crippen molar-refractivity contribution in [2.45, 2.75) is 38.6 Å². The number of aromatic nitrogens is 4. The fourth-order valence-corrected chi connectivity index (χ4v) is 3.56. The average Bonchev–Trinajstić information content (AvgIpc) is 3.03. The molecule has 0 spiro atoms. The number of nitrogens with zero attached hydrogens (tertiary/aromatic N) is 4. The number of anilines is 1. The summed E-state index contributed by atoms with van der Waals surface area (Å²) < 4.78 is 3.02. The average molecular weight is 351 g/mol. The fourth-order valence-electron chi connectivity index (χ4n) is 3.56. The van der Waals surface area contributed by atoms with Crippen LogP contribution in [0, 0.1) is 0 Å². The predicted octanol–water partition coefficient (Wildman–Crippen LogP) is 2.04. The molecule has 0 atom stereocenters. The van der Waals surface area contributed by atoms with Crippen molar-refractivity contribution in [3.05, 3.63) is 52.2 Å². The molecule has 2 heterocycles. The van der Waals surface area contributed by atoms with Gasteiger partial charge < -0.3 is 5.32 Å². The first-order valence-corrected chi connectivity index (χ1v) is 8.91. The van der Waals surface area contributed by atoms with Gasteiger partial charge in [0.05, 0.1) is 12.5 Å². The maximum atomic E-state index is 12.4. The molecular weight excluding hydrogens is 330 g/mol. The van der Waals surface area contributed by atoms with Crippen molar-refractivity contribution in [3.8, 4) is 0 Å². The second-order valence-electron chi connectivity index (χ2n) is 6.70. The minimum absolute atomic E-state index is 0.0952. The minimum atomic E-state index is -0.173. The number of benzene rings is 1. The van der Waals surface area contributed by atoms with Gasteiger partial charge in [-0.25, -0.2) is 4.98 Å². The van der Waals surface area contributed by atoms with E-state index < -0.39 is 0 Å². The van der Waals surface area contributed by atoms with Crippen LogP contribution in [0.3, 0.4) is 0 Å². The van der Waals surface area contributed by atoms with Crippen LogP contribution in [0.15, 0.2) is 35.5 Å². The molecule has 1 N–H and O–H groups in total. The summed E-state index contributed by atoms with van der Waals surface area (Å²) in [5.41, 5.74) is 3.86. The molecule has 1 aliphatic carbocycles. The third kappa shape index (κ3) is 3.00. The van der Waals surface area contributed by atoms with E-state index in [4.69, 9.17) is 0 Å². The van der Waals surface area contributed by atoms with Gasteiger partial charge in [0.1, 0.15) is 5.39 Å². The molecule has 4 rings (SSSR count). The number of rotatable bonds is 4. The van der Waals surface area contributed by atoms with Gasteiger partial charge in [-0.2, -0.15) is 5.10 Å². The number of hydrogen-bond acceptors (Lipinski definition) is 4. The highest BCUT2D eigenvalue weighted by Crippen LogP contribution is 2.27. The molecule has 1 aliphatic rings. The topological polar surface area (TPSA) is 81.8 Å². The Bertz CT molecular complexity index is 1030. The third-order valence-corrected chi connectivity index (χ3v) is 4.97. The molecule has 3 aromatic rings. The minimum Gasteiger partial charge on any atom is -0.326 e. The molecule has 7 nitrogen and oxygen atoms in total. The zero-order valence-corrected chi connectivity index (χ0v) is 14.7. The Morgan fingerprint density at radius 3 is 3.00 bits per heavy atom. The van der Waals surface area contributed by atoms with E-state index in [9.17, 15) is 9.59 Å². The lowest BCUT2D eigenvalue weighted by molar-refractivity contribution is -0.116. The monoisotopic (exact) mass is 351 g/mol. The Labute approximate surface area is 150 Å². The van der Waals surface area contributed by atoms with Crippen molar-refractivity contribution < 1.29 is 4.79 Å². The van der Waals surface area contributed by atoms with E-state index in [1.807, 2.05) is 12.1 Å². The van der Waals surface area contributed by atoms with E-state index in [0.717, 1.165) is 24.9 Å². The Hall–Kier alpha value is -2.96. The molecule has 0 aliphatic heterocycles. The van der Waals surface area contributed by atoms with Gasteiger partial charge in [-0.1, -0.05) is 12.1 Å². The van der Waals surface area contributed by atoms with Crippen LogP contribution in [0.2, 0.25) is 0 Å². The Morgan fingerprint density at radius 2 is 2.12 bits per heavy atom. The Balaban J connectivity index is 1.47. The van der Waals surface area contributed by atoms with E-state index in [1.165, 1.54) is 34.6 Å². The van der Waals surface area contributed by atoms with Gasteiger partial charge in [0.2, 0.25) is 5.91 Å². The summed E-state index contributed by atoms with van der Waals surface area (Å²) in [6.45, 7) is 0.289. The first-order chi connectivity index (χ1) is 12.6. The normalized spacial score (nSPS) is 13.6. The Morgan fingerprint density at radius 1 is 1.27 bits per heavy atom. The van der Waals surface area contributed by atoms with E-state index in [0.29, 0.717) is 11.0 Å². The van der Waals surface area contributed by atoms with Crippen molar-refractivity contribution in [1.82, 2.24) is 19.3 Å². The first-order valence-electron chi connectivity index (χ1n) is 8.91. The largest absolute Gasteiger partial charge is 0.326 e. The maximum Gasteiger partial charge on any atom is 0.264 e. The number of nitrogens with one attached hydrogen (secondary N) is 1. The molecule has 1 amide bonds. The quantitative estimate of drug-likeness (QED) is 0.780. The SMILES string of the molecule is Cn1ncc2c(=O)n(CCC(=O)Nc3cccc4c3CCCC4)cnc21. The van der Waals surface area contributed by atoms with Gasteiger partial charge in [-0.15, -0.1) is 0 Å². The molecular formula is C19H21N5O2. The lowest BCUT2D eigenvalue weighted by Gasteiger charge is -2.19. The Kier molecular flexibility index (Phi) is 4.28. The first kappa shape index (κ1) is 16.5. The summed E-state index contributed by atoms with van der Waals surface area (Å²) in [6, 6.07) is 6.08. The number of fused-ring (bicyclic) bond motifs is 2. The summed E-state index contributed by atoms with van der Waals surface area (Å²) in [5, 5.41) is 7.53. The molecule has 0 fully saturated rings. The fraction of sp³-hybridized carbons (Fsp3) is 0.368. The molecule has 0 saturated heterocycles. The lowest BCUT2D eigenvalue weighted by Crippen LogP contribution is -2.24. The van der Waals surface area contributed by atoms with Crippen LogP contribution in [0.4, 0.5) is 5.69 Å². The standard InChI is InChI=1S/C19H21N5O2/c1-23-18-15(11-21-23)19(26)24(12-20-18)10-9-17(25)22-16-8-4-6-13-5-2-3-7-14(13)16/h4,6,8,11-12H,2-3,5,7,9-10H2,1H3,(H,22,25). The van der Waals surface area contributed by atoms with Crippen LogP contribution in [-0.2, 0) is 31.2 Å². The van der Waals surface area contributed by atoms with E-state index in [2.05, 4.69) is 21.5 Å². The highest BCUT2D eigenvalue weighted by Gasteiger charge is 2.15. The van der Waals surface area contributed by atoms with Crippen molar-refractivity contribution in [3.63, 3.8) is 0 Å². The number of amides is 1. The van der Waals surface area contributed by atoms with Crippen molar-refractivity contribution >= 4 is 22.6 Å². The van der Waals surface area contributed by atoms with Crippen LogP contribution in [0.25, 0.3) is 11.0 Å².